The van der Waals surface area contributed by atoms with Crippen LogP contribution in [0.4, 0.5) is 0 Å². The van der Waals surface area contributed by atoms with Gasteiger partial charge in [-0.1, -0.05) is 0 Å². The van der Waals surface area contributed by atoms with E-state index in [9.17, 15) is 4.79 Å². The first-order valence-electron chi connectivity index (χ1n) is 4.22. The van der Waals surface area contributed by atoms with Crippen LogP contribution >= 0.6 is 0 Å². The normalized spacial score (nSPS) is 18.5. The van der Waals surface area contributed by atoms with Gasteiger partial charge in [-0.05, 0) is 18.8 Å². The molecule has 1 atom stereocenters. The van der Waals surface area contributed by atoms with Gasteiger partial charge in [-0.2, -0.15) is 4.98 Å². The van der Waals surface area contributed by atoms with E-state index in [0.29, 0.717) is 11.7 Å². The zero-order valence-electron chi connectivity index (χ0n) is 7.03. The summed E-state index contributed by atoms with van der Waals surface area (Å²) in [5.74, 6) is 0.521. The predicted molar refractivity (Wildman–Crippen MR) is 46.2 cm³/mol. The predicted octanol–water partition coefficient (Wildman–Crippen LogP) is -0.115. The van der Waals surface area contributed by atoms with Crippen molar-refractivity contribution in [2.75, 3.05) is 0 Å². The first-order valence-corrected chi connectivity index (χ1v) is 4.22. The van der Waals surface area contributed by atoms with Crippen LogP contribution in [-0.4, -0.2) is 15.1 Å². The molecule has 0 radical (unpaired) electrons. The van der Waals surface area contributed by atoms with Crippen LogP contribution in [0.3, 0.4) is 0 Å². The van der Waals surface area contributed by atoms with Gasteiger partial charge in [-0.25, -0.2) is 0 Å². The Labute approximate surface area is 74.6 Å². The van der Waals surface area contributed by atoms with Gasteiger partial charge in [0.1, 0.15) is 5.82 Å². The molecule has 2 rings (SSSR count). The van der Waals surface area contributed by atoms with Gasteiger partial charge >= 0.3 is 0 Å². The van der Waals surface area contributed by atoms with Crippen molar-refractivity contribution in [1.29, 1.82) is 0 Å². The van der Waals surface area contributed by atoms with Crippen molar-refractivity contribution in [3.8, 4) is 5.88 Å². The lowest BCUT2D eigenvalue weighted by atomic mass is 10.2. The minimum atomic E-state index is -0.362. The molecule has 0 amide bonds. The van der Waals surface area contributed by atoms with Gasteiger partial charge in [-0.3, -0.25) is 4.79 Å². The number of aromatic nitrogens is 2. The summed E-state index contributed by atoms with van der Waals surface area (Å²) in [5.41, 5.74) is 5.43. The second-order valence-corrected chi connectivity index (χ2v) is 3.35. The fourth-order valence-electron chi connectivity index (χ4n) is 1.30. The van der Waals surface area contributed by atoms with Crippen molar-refractivity contribution in [2.45, 2.75) is 18.9 Å². The number of rotatable bonds is 2. The molecule has 1 fully saturated rings. The first-order chi connectivity index (χ1) is 6.16. The number of aromatic amines is 1. The highest BCUT2D eigenvalue weighted by molar-refractivity contribution is 5.10. The molecule has 0 aliphatic heterocycles. The fraction of sp³-hybridized carbons (Fsp3) is 0.500. The molecule has 13 heavy (non-hydrogen) atoms. The van der Waals surface area contributed by atoms with E-state index in [1.807, 2.05) is 0 Å². The Hall–Kier alpha value is -1.36. The van der Waals surface area contributed by atoms with Crippen molar-refractivity contribution in [1.82, 2.24) is 9.97 Å². The Morgan fingerprint density at radius 2 is 2.38 bits per heavy atom. The van der Waals surface area contributed by atoms with Crippen LogP contribution in [0.2, 0.25) is 0 Å². The van der Waals surface area contributed by atoms with Crippen molar-refractivity contribution in [3.63, 3.8) is 0 Å². The van der Waals surface area contributed by atoms with E-state index in [-0.39, 0.29) is 17.5 Å². The van der Waals surface area contributed by atoms with Crippen LogP contribution in [0.25, 0.3) is 0 Å². The van der Waals surface area contributed by atoms with Crippen LogP contribution in [0.5, 0.6) is 5.88 Å². The summed E-state index contributed by atoms with van der Waals surface area (Å²) in [6.07, 6.45) is 2.14. The smallest absolute Gasteiger partial charge is 0.254 e. The van der Waals surface area contributed by atoms with Gasteiger partial charge < -0.3 is 15.8 Å². The lowest BCUT2D eigenvalue weighted by Crippen LogP contribution is -2.20. The van der Waals surface area contributed by atoms with Crippen molar-refractivity contribution < 1.29 is 5.11 Å². The number of nitrogens with one attached hydrogen (secondary N) is 1. The summed E-state index contributed by atoms with van der Waals surface area (Å²) in [6, 6.07) is 0.781. The van der Waals surface area contributed by atoms with Crippen LogP contribution in [-0.2, 0) is 0 Å². The van der Waals surface area contributed by atoms with Crippen molar-refractivity contribution in [3.05, 3.63) is 22.2 Å². The Bertz CT molecular complexity index is 370. The average Bonchev–Trinajstić information content (AvgIpc) is 2.83. The standard InChI is InChI=1S/C8H11N3O2/c9-7(4-1-2-4)8-10-5(12)3-6(13)11-8/h3-4,7H,1-2,9H2,(H2,10,11,12,13). The van der Waals surface area contributed by atoms with Crippen LogP contribution in [0, 0.1) is 5.92 Å². The third kappa shape index (κ3) is 1.70. The maximum Gasteiger partial charge on any atom is 0.254 e. The van der Waals surface area contributed by atoms with Gasteiger partial charge in [0.15, 0.2) is 0 Å². The second-order valence-electron chi connectivity index (χ2n) is 3.35. The van der Waals surface area contributed by atoms with E-state index in [1.165, 1.54) is 0 Å². The summed E-state index contributed by atoms with van der Waals surface area (Å²) in [6.45, 7) is 0. The van der Waals surface area contributed by atoms with E-state index < -0.39 is 0 Å². The molecule has 70 valence electrons. The van der Waals surface area contributed by atoms with Gasteiger partial charge in [0.05, 0.1) is 12.1 Å². The van der Waals surface area contributed by atoms with E-state index in [2.05, 4.69) is 9.97 Å². The molecule has 4 N–H and O–H groups in total. The third-order valence-corrected chi connectivity index (χ3v) is 2.19. The molecule has 5 heteroatoms. The van der Waals surface area contributed by atoms with Crippen LogP contribution in [0.1, 0.15) is 24.7 Å². The Morgan fingerprint density at radius 1 is 1.69 bits per heavy atom. The van der Waals surface area contributed by atoms with E-state index >= 15 is 0 Å². The van der Waals surface area contributed by atoms with Crippen molar-refractivity contribution >= 4 is 0 Å². The number of H-pyrrole nitrogens is 1. The summed E-state index contributed by atoms with van der Waals surface area (Å²) in [4.78, 5) is 17.2. The summed E-state index contributed by atoms with van der Waals surface area (Å²) >= 11 is 0. The van der Waals surface area contributed by atoms with E-state index in [1.54, 1.807) is 0 Å². The lowest BCUT2D eigenvalue weighted by molar-refractivity contribution is 0.441. The number of hydrogen-bond donors (Lipinski definition) is 3. The molecule has 1 unspecified atom stereocenters. The molecule has 0 saturated heterocycles. The van der Waals surface area contributed by atoms with Gasteiger partial charge in [-0.15, -0.1) is 0 Å². The van der Waals surface area contributed by atoms with Gasteiger partial charge in [0.25, 0.3) is 5.56 Å². The van der Waals surface area contributed by atoms with E-state index in [0.717, 1.165) is 18.9 Å². The minimum Gasteiger partial charge on any atom is -0.493 e. The highest BCUT2D eigenvalue weighted by atomic mass is 16.3. The monoisotopic (exact) mass is 181 g/mol. The Morgan fingerprint density at radius 3 is 2.92 bits per heavy atom. The number of aromatic hydroxyl groups is 1. The quantitative estimate of drug-likeness (QED) is 0.593. The zero-order valence-corrected chi connectivity index (χ0v) is 7.03. The molecule has 0 aromatic carbocycles. The molecule has 1 aromatic rings. The Balaban J connectivity index is 2.33. The van der Waals surface area contributed by atoms with Gasteiger partial charge in [0.2, 0.25) is 5.88 Å². The van der Waals surface area contributed by atoms with Gasteiger partial charge in [0, 0.05) is 0 Å². The largest absolute Gasteiger partial charge is 0.493 e. The first kappa shape index (κ1) is 8.25. The zero-order chi connectivity index (χ0) is 9.42. The minimum absolute atomic E-state index is 0.250. The topological polar surface area (TPSA) is 92.0 Å². The molecule has 1 aromatic heterocycles. The highest BCUT2D eigenvalue weighted by Gasteiger charge is 2.31. The Kier molecular flexibility index (Phi) is 1.81. The van der Waals surface area contributed by atoms with Crippen molar-refractivity contribution in [2.24, 2.45) is 11.7 Å². The fourth-order valence-corrected chi connectivity index (χ4v) is 1.30. The summed E-state index contributed by atoms with van der Waals surface area (Å²) < 4.78 is 0. The summed E-state index contributed by atoms with van der Waals surface area (Å²) in [5, 5.41) is 9.06. The average molecular weight is 181 g/mol. The number of nitrogens with two attached hydrogens (primary N) is 1. The maximum absolute atomic E-state index is 10.9. The molecule has 1 aliphatic rings. The molecule has 1 heterocycles. The number of nitrogens with zero attached hydrogens (tertiary/aromatic N) is 1. The maximum atomic E-state index is 10.9. The molecule has 0 bridgehead atoms. The third-order valence-electron chi connectivity index (χ3n) is 2.19. The SMILES string of the molecule is NC(c1nc(O)cc(=O)[nH]1)C1CC1. The molecule has 1 saturated carbocycles. The molecule has 5 nitrogen and oxygen atoms in total. The van der Waals surface area contributed by atoms with Crippen LogP contribution < -0.4 is 11.3 Å². The molecular weight excluding hydrogens is 170 g/mol. The highest BCUT2D eigenvalue weighted by Crippen LogP contribution is 2.38. The van der Waals surface area contributed by atoms with Crippen LogP contribution in [0.15, 0.2) is 10.9 Å². The van der Waals surface area contributed by atoms with E-state index in [4.69, 9.17) is 10.8 Å². The number of hydrogen-bond acceptors (Lipinski definition) is 4. The second kappa shape index (κ2) is 2.85. The molecule has 0 spiro atoms. The lowest BCUT2D eigenvalue weighted by Gasteiger charge is -2.08. The molecular formula is C8H11N3O2. The molecule has 1 aliphatic carbocycles. The summed E-state index contributed by atoms with van der Waals surface area (Å²) in [7, 11) is 0.